The SMILES string of the molecule is Cc1cc(OS(N)(=O)=O)ccc1-c1cccc([C@H](O)CCN2CCC(=O)N2CCc2ccc(C(=O)O)cc2)c1. The van der Waals surface area contributed by atoms with Gasteiger partial charge in [0.2, 0.25) is 5.91 Å². The largest absolute Gasteiger partial charge is 0.478 e. The molecule has 3 aromatic rings. The van der Waals surface area contributed by atoms with Gasteiger partial charge in [-0.25, -0.2) is 9.80 Å². The fourth-order valence-corrected chi connectivity index (χ4v) is 5.05. The first-order valence-electron chi connectivity index (χ1n) is 12.5. The predicted molar refractivity (Wildman–Crippen MR) is 145 cm³/mol. The summed E-state index contributed by atoms with van der Waals surface area (Å²) < 4.78 is 27.1. The molecule has 1 heterocycles. The van der Waals surface area contributed by atoms with E-state index in [1.54, 1.807) is 41.4 Å². The monoisotopic (exact) mass is 553 g/mol. The van der Waals surface area contributed by atoms with Gasteiger partial charge in [0.1, 0.15) is 5.75 Å². The van der Waals surface area contributed by atoms with E-state index in [1.807, 2.05) is 36.2 Å². The lowest BCUT2D eigenvalue weighted by molar-refractivity contribution is -0.138. The number of carboxylic acids is 1. The second kappa shape index (κ2) is 12.0. The van der Waals surface area contributed by atoms with Gasteiger partial charge in [0.25, 0.3) is 0 Å². The van der Waals surface area contributed by atoms with Crippen molar-refractivity contribution in [3.63, 3.8) is 0 Å². The molecule has 0 radical (unpaired) electrons. The second-order valence-corrected chi connectivity index (χ2v) is 10.6. The molecule has 4 rings (SSSR count). The maximum atomic E-state index is 12.5. The molecule has 1 amide bonds. The van der Waals surface area contributed by atoms with E-state index in [9.17, 15) is 23.1 Å². The summed E-state index contributed by atoms with van der Waals surface area (Å²) in [5, 5.41) is 28.6. The molecule has 10 nitrogen and oxygen atoms in total. The average molecular weight is 554 g/mol. The van der Waals surface area contributed by atoms with E-state index in [2.05, 4.69) is 0 Å². The number of benzene rings is 3. The first-order valence-corrected chi connectivity index (χ1v) is 14.0. The van der Waals surface area contributed by atoms with Gasteiger partial charge in [-0.3, -0.25) is 9.80 Å². The third-order valence-electron chi connectivity index (χ3n) is 6.68. The first-order chi connectivity index (χ1) is 18.5. The van der Waals surface area contributed by atoms with E-state index in [-0.39, 0.29) is 17.2 Å². The lowest BCUT2D eigenvalue weighted by atomic mass is 9.96. The van der Waals surface area contributed by atoms with Crippen LogP contribution in [0.5, 0.6) is 5.75 Å². The minimum absolute atomic E-state index is 0.0268. The summed E-state index contributed by atoms with van der Waals surface area (Å²) >= 11 is 0. The zero-order valence-electron chi connectivity index (χ0n) is 21.5. The van der Waals surface area contributed by atoms with Crippen molar-refractivity contribution in [1.82, 2.24) is 10.0 Å². The molecule has 39 heavy (non-hydrogen) atoms. The van der Waals surface area contributed by atoms with Crippen LogP contribution >= 0.6 is 0 Å². The average Bonchev–Trinajstić information content (AvgIpc) is 3.24. The Labute approximate surface area is 227 Å². The number of nitrogens with zero attached hydrogens (tertiary/aromatic N) is 2. The van der Waals surface area contributed by atoms with Crippen LogP contribution in [0.25, 0.3) is 11.1 Å². The van der Waals surface area contributed by atoms with Gasteiger partial charge < -0.3 is 14.4 Å². The zero-order chi connectivity index (χ0) is 28.2. The van der Waals surface area contributed by atoms with Crippen LogP contribution in [0, 0.1) is 6.92 Å². The maximum absolute atomic E-state index is 12.5. The molecule has 206 valence electrons. The highest BCUT2D eigenvalue weighted by Gasteiger charge is 2.28. The molecule has 0 aromatic heterocycles. The lowest BCUT2D eigenvalue weighted by Crippen LogP contribution is -2.41. The number of hydrogen-bond acceptors (Lipinski definition) is 7. The van der Waals surface area contributed by atoms with E-state index in [1.165, 1.54) is 6.07 Å². The molecule has 1 aliphatic heterocycles. The highest BCUT2D eigenvalue weighted by Crippen LogP contribution is 2.30. The topological polar surface area (TPSA) is 150 Å². The molecule has 1 aliphatic rings. The smallest absolute Gasteiger partial charge is 0.380 e. The second-order valence-electron chi connectivity index (χ2n) is 9.46. The van der Waals surface area contributed by atoms with Crippen molar-refractivity contribution >= 4 is 22.2 Å². The molecule has 11 heteroatoms. The number of amides is 1. The van der Waals surface area contributed by atoms with E-state index < -0.39 is 22.4 Å². The Hall–Kier alpha value is -3.77. The van der Waals surface area contributed by atoms with E-state index in [4.69, 9.17) is 14.4 Å². The van der Waals surface area contributed by atoms with Gasteiger partial charge in [-0.05, 0) is 77.9 Å². The third kappa shape index (κ3) is 7.42. The summed E-state index contributed by atoms with van der Waals surface area (Å²) in [4.78, 5) is 23.5. The molecule has 0 unspecified atom stereocenters. The quantitative estimate of drug-likeness (QED) is 0.328. The van der Waals surface area contributed by atoms with Gasteiger partial charge >= 0.3 is 16.3 Å². The lowest BCUT2D eigenvalue weighted by Gasteiger charge is -2.29. The molecular formula is C28H31N3O7S. The molecule has 0 spiro atoms. The van der Waals surface area contributed by atoms with Gasteiger partial charge in [0.15, 0.2) is 0 Å². The van der Waals surface area contributed by atoms with E-state index >= 15 is 0 Å². The minimum Gasteiger partial charge on any atom is -0.478 e. The van der Waals surface area contributed by atoms with Crippen LogP contribution in [0.15, 0.2) is 66.7 Å². The third-order valence-corrected chi connectivity index (χ3v) is 7.10. The number of aliphatic hydroxyl groups excluding tert-OH is 1. The molecule has 0 bridgehead atoms. The molecule has 1 fully saturated rings. The Balaban J connectivity index is 1.37. The fourth-order valence-electron chi connectivity index (χ4n) is 4.68. The molecule has 1 atom stereocenters. The maximum Gasteiger partial charge on any atom is 0.380 e. The van der Waals surface area contributed by atoms with Crippen LogP contribution < -0.4 is 9.32 Å². The number of carboxylic acid groups (broad SMARTS) is 1. The number of carbonyl (C=O) groups excluding carboxylic acids is 1. The number of hydrazine groups is 1. The Morgan fingerprint density at radius 3 is 2.49 bits per heavy atom. The van der Waals surface area contributed by atoms with Gasteiger partial charge in [0.05, 0.1) is 11.7 Å². The van der Waals surface area contributed by atoms with Crippen LogP contribution in [0.4, 0.5) is 0 Å². The predicted octanol–water partition coefficient (Wildman–Crippen LogP) is 3.06. The molecule has 3 aromatic carbocycles. The molecule has 0 saturated carbocycles. The van der Waals surface area contributed by atoms with Gasteiger partial charge in [-0.15, -0.1) is 0 Å². The van der Waals surface area contributed by atoms with E-state index in [0.717, 1.165) is 27.8 Å². The standard InChI is InChI=1S/C28H31N3O7S/c1-19-17-24(38-39(29,36)37)9-10-25(19)22-3-2-4-23(18-22)26(32)12-14-30-15-13-27(33)31(30)16-11-20-5-7-21(8-6-20)28(34)35/h2-10,17-18,26,32H,11-16H2,1H3,(H,34,35)(H2,29,36,37)/t26-/m1/s1. The summed E-state index contributed by atoms with van der Waals surface area (Å²) in [7, 11) is -4.11. The minimum atomic E-state index is -4.11. The summed E-state index contributed by atoms with van der Waals surface area (Å²) in [5.41, 5.74) is 4.39. The fraction of sp³-hybridized carbons (Fsp3) is 0.286. The van der Waals surface area contributed by atoms with Crippen molar-refractivity contribution in [3.8, 4) is 16.9 Å². The van der Waals surface area contributed by atoms with Crippen LogP contribution in [0.3, 0.4) is 0 Å². The number of aryl methyl sites for hydroxylation is 1. The highest BCUT2D eigenvalue weighted by molar-refractivity contribution is 7.84. The van der Waals surface area contributed by atoms with Crippen LogP contribution in [-0.2, 0) is 21.5 Å². The number of hydrogen-bond donors (Lipinski definition) is 3. The Bertz CT molecular complexity index is 1460. The zero-order valence-corrected chi connectivity index (χ0v) is 22.3. The van der Waals surface area contributed by atoms with Crippen molar-refractivity contribution in [1.29, 1.82) is 0 Å². The summed E-state index contributed by atoms with van der Waals surface area (Å²) in [6, 6.07) is 19.0. The number of nitrogens with two attached hydrogens (primary N) is 1. The summed E-state index contributed by atoms with van der Waals surface area (Å²) in [5.74, 6) is -0.828. The summed E-state index contributed by atoms with van der Waals surface area (Å²) in [6.07, 6.45) is 0.665. The van der Waals surface area contributed by atoms with Crippen molar-refractivity contribution in [2.45, 2.75) is 32.3 Å². The number of aromatic carboxylic acids is 1. The van der Waals surface area contributed by atoms with Crippen molar-refractivity contribution in [3.05, 3.63) is 89.0 Å². The Morgan fingerprint density at radius 2 is 1.82 bits per heavy atom. The number of aliphatic hydroxyl groups is 1. The highest BCUT2D eigenvalue weighted by atomic mass is 32.2. The Morgan fingerprint density at radius 1 is 1.08 bits per heavy atom. The van der Waals surface area contributed by atoms with Crippen LogP contribution in [0.1, 0.15) is 46.0 Å². The van der Waals surface area contributed by atoms with Gasteiger partial charge in [-0.2, -0.15) is 13.6 Å². The van der Waals surface area contributed by atoms with E-state index in [0.29, 0.717) is 38.9 Å². The van der Waals surface area contributed by atoms with Crippen LogP contribution in [0.2, 0.25) is 0 Å². The van der Waals surface area contributed by atoms with Crippen molar-refractivity contribution < 1.29 is 32.4 Å². The van der Waals surface area contributed by atoms with Crippen molar-refractivity contribution in [2.75, 3.05) is 19.6 Å². The normalized spacial score (nSPS) is 14.9. The number of rotatable bonds is 11. The number of carbonyl (C=O) groups is 2. The molecule has 1 saturated heterocycles. The van der Waals surface area contributed by atoms with Crippen molar-refractivity contribution in [2.24, 2.45) is 5.14 Å². The van der Waals surface area contributed by atoms with Gasteiger partial charge in [-0.1, -0.05) is 36.4 Å². The van der Waals surface area contributed by atoms with Gasteiger partial charge in [0, 0.05) is 26.1 Å². The molecule has 0 aliphatic carbocycles. The molecular weight excluding hydrogens is 522 g/mol. The Kier molecular flexibility index (Phi) is 8.66. The summed E-state index contributed by atoms with van der Waals surface area (Å²) in [6.45, 7) is 3.37. The van der Waals surface area contributed by atoms with Crippen LogP contribution in [-0.4, -0.2) is 60.2 Å². The first kappa shape index (κ1) is 28.2. The molecule has 4 N–H and O–H groups in total.